The fourth-order valence-corrected chi connectivity index (χ4v) is 4.46. The molecule has 0 atom stereocenters. The molecule has 1 aromatic carbocycles. The summed E-state index contributed by atoms with van der Waals surface area (Å²) in [6, 6.07) is 4.35. The van der Waals surface area contributed by atoms with Crippen LogP contribution in [-0.4, -0.2) is 7.53 Å². The topological polar surface area (TPSA) is 25.8 Å². The van der Waals surface area contributed by atoms with E-state index in [2.05, 4.69) is 19.7 Å². The number of rotatable bonds is 0. The first-order valence-electron chi connectivity index (χ1n) is 3.20. The fourth-order valence-electron chi connectivity index (χ4n) is 1.01. The molecule has 6 heteroatoms. The Morgan fingerprint density at radius 1 is 0.917 bits per heavy atom. The quantitative estimate of drug-likeness (QED) is 0.552. The molecular weight excluding hydrogens is 228 g/mol. The standard InChI is InChI=1S/C6H2N2S4/c1-3-5(11-7-9-3)2-6-4(1)10-8-12-6/h1-2H/q+2. The Kier molecular flexibility index (Phi) is 1.54. The smallest absolute Gasteiger partial charge is 0.0293 e. The monoisotopic (exact) mass is 230 g/mol. The van der Waals surface area contributed by atoms with E-state index in [1.54, 1.807) is 46.1 Å². The van der Waals surface area contributed by atoms with E-state index < -0.39 is 0 Å². The molecule has 0 saturated carbocycles. The first-order chi connectivity index (χ1) is 5.93. The molecular formula is C6H2N2S4+2. The lowest BCUT2D eigenvalue weighted by Crippen LogP contribution is -1.59. The van der Waals surface area contributed by atoms with E-state index >= 15 is 0 Å². The Balaban J connectivity index is 2.62. The summed E-state index contributed by atoms with van der Waals surface area (Å²) in [5.74, 6) is 0. The third kappa shape index (κ3) is 0.957. The van der Waals surface area contributed by atoms with Crippen molar-refractivity contribution in [2.75, 3.05) is 0 Å². The van der Waals surface area contributed by atoms with Crippen LogP contribution in [0.15, 0.2) is 12.1 Å². The number of aromatic nitrogens is 2. The van der Waals surface area contributed by atoms with E-state index in [9.17, 15) is 0 Å². The summed E-state index contributed by atoms with van der Waals surface area (Å²) >= 11 is 6.23. The summed E-state index contributed by atoms with van der Waals surface area (Å²) in [5.41, 5.74) is 0. The molecule has 12 heavy (non-hydrogen) atoms. The average Bonchev–Trinajstić information content (AvgIpc) is 2.64. The summed E-state index contributed by atoms with van der Waals surface area (Å²) in [5, 5.41) is 0. The molecule has 0 radical (unpaired) electrons. The van der Waals surface area contributed by atoms with Gasteiger partial charge in [0.2, 0.25) is 46.1 Å². The summed E-state index contributed by atoms with van der Waals surface area (Å²) in [6.45, 7) is 0. The molecule has 0 aliphatic heterocycles. The zero-order valence-electron chi connectivity index (χ0n) is 5.68. The number of nitrogens with zero attached hydrogens (tertiary/aromatic N) is 2. The zero-order chi connectivity index (χ0) is 7.97. The van der Waals surface area contributed by atoms with Crippen molar-refractivity contribution in [2.45, 2.75) is 0 Å². The number of benzene rings is 1. The van der Waals surface area contributed by atoms with Crippen molar-refractivity contribution >= 4 is 64.9 Å². The van der Waals surface area contributed by atoms with Gasteiger partial charge in [-0.15, -0.1) is 0 Å². The highest BCUT2D eigenvalue weighted by Crippen LogP contribution is 2.31. The van der Waals surface area contributed by atoms with Crippen LogP contribution in [0.5, 0.6) is 0 Å². The Morgan fingerprint density at radius 3 is 2.08 bits per heavy atom. The van der Waals surface area contributed by atoms with Crippen molar-refractivity contribution in [1.82, 2.24) is 7.53 Å². The molecule has 0 saturated heterocycles. The minimum Gasteiger partial charge on any atom is 0.0293 e. The van der Waals surface area contributed by atoms with Gasteiger partial charge in [0.15, 0.2) is 18.8 Å². The van der Waals surface area contributed by atoms with Crippen molar-refractivity contribution in [3.05, 3.63) is 12.1 Å². The second kappa shape index (κ2) is 2.59. The Labute approximate surface area is 84.4 Å². The van der Waals surface area contributed by atoms with Crippen molar-refractivity contribution in [1.29, 1.82) is 0 Å². The molecule has 0 amide bonds. The Bertz CT molecular complexity index is 449. The maximum absolute atomic E-state index is 4.18. The van der Waals surface area contributed by atoms with E-state index in [-0.39, 0.29) is 0 Å². The second-order valence-corrected chi connectivity index (χ2v) is 5.94. The van der Waals surface area contributed by atoms with E-state index in [4.69, 9.17) is 0 Å². The molecule has 0 N–H and O–H groups in total. The SMILES string of the molecule is c1c2sn[s+]c2cc2[s+]nsc12. The van der Waals surface area contributed by atoms with Crippen LogP contribution in [0.4, 0.5) is 0 Å². The molecule has 2 heterocycles. The molecule has 58 valence electrons. The second-order valence-electron chi connectivity index (χ2n) is 2.26. The van der Waals surface area contributed by atoms with E-state index in [0.29, 0.717) is 0 Å². The van der Waals surface area contributed by atoms with Crippen molar-refractivity contribution < 1.29 is 0 Å². The predicted molar refractivity (Wildman–Crippen MR) is 57.4 cm³/mol. The van der Waals surface area contributed by atoms with Crippen LogP contribution in [0, 0.1) is 0 Å². The molecule has 0 unspecified atom stereocenters. The molecule has 2 aromatic heterocycles. The van der Waals surface area contributed by atoms with Gasteiger partial charge in [0.25, 0.3) is 0 Å². The third-order valence-corrected chi connectivity index (χ3v) is 5.14. The lowest BCUT2D eigenvalue weighted by atomic mass is 10.4. The van der Waals surface area contributed by atoms with Crippen LogP contribution in [0.25, 0.3) is 18.8 Å². The fraction of sp³-hybridized carbons (Fsp3) is 0. The third-order valence-electron chi connectivity index (χ3n) is 1.55. The summed E-state index contributed by atoms with van der Waals surface area (Å²) in [4.78, 5) is 0. The van der Waals surface area contributed by atoms with Crippen LogP contribution in [0.3, 0.4) is 0 Å². The van der Waals surface area contributed by atoms with Gasteiger partial charge in [0, 0.05) is 12.1 Å². The van der Waals surface area contributed by atoms with Gasteiger partial charge >= 0.3 is 0 Å². The minimum absolute atomic E-state index is 1.27. The number of hydrogen-bond donors (Lipinski definition) is 0. The first kappa shape index (κ1) is 7.14. The molecule has 0 bridgehead atoms. The number of fused-ring (bicyclic) bond motifs is 2. The average molecular weight is 230 g/mol. The molecule has 3 rings (SSSR count). The van der Waals surface area contributed by atoms with Gasteiger partial charge in [-0.05, 0) is 0 Å². The van der Waals surface area contributed by atoms with Gasteiger partial charge in [0.05, 0.1) is 7.53 Å². The van der Waals surface area contributed by atoms with Gasteiger partial charge in [0.1, 0.15) is 0 Å². The maximum Gasteiger partial charge on any atom is 0.209 e. The predicted octanol–water partition coefficient (Wildman–Crippen LogP) is 3.59. The molecule has 2 nitrogen and oxygen atoms in total. The number of hydrogen-bond acceptors (Lipinski definition) is 4. The van der Waals surface area contributed by atoms with Gasteiger partial charge < -0.3 is 0 Å². The van der Waals surface area contributed by atoms with E-state index in [0.717, 1.165) is 0 Å². The van der Waals surface area contributed by atoms with E-state index in [1.807, 2.05) is 0 Å². The summed E-state index contributed by atoms with van der Waals surface area (Å²) in [6.07, 6.45) is 0. The van der Waals surface area contributed by atoms with Crippen LogP contribution in [0.2, 0.25) is 0 Å². The Hall–Kier alpha value is -0.300. The lowest BCUT2D eigenvalue weighted by molar-refractivity contribution is 1.91. The van der Waals surface area contributed by atoms with Crippen molar-refractivity contribution in [3.63, 3.8) is 0 Å². The molecule has 3 aromatic rings. The molecule has 0 fully saturated rings. The van der Waals surface area contributed by atoms with Crippen LogP contribution in [0.1, 0.15) is 0 Å². The van der Waals surface area contributed by atoms with Crippen LogP contribution < -0.4 is 0 Å². The van der Waals surface area contributed by atoms with Gasteiger partial charge in [-0.1, -0.05) is 0 Å². The highest BCUT2D eigenvalue weighted by atomic mass is 32.2. The normalized spacial score (nSPS) is 11.3. The summed E-state index contributed by atoms with van der Waals surface area (Å²) in [7, 11) is 0. The molecule has 0 spiro atoms. The van der Waals surface area contributed by atoms with Crippen LogP contribution in [-0.2, 0) is 0 Å². The largest absolute Gasteiger partial charge is 0.209 e. The van der Waals surface area contributed by atoms with Gasteiger partial charge in [-0.2, -0.15) is 0 Å². The lowest BCUT2D eigenvalue weighted by Gasteiger charge is -1.72. The highest BCUT2D eigenvalue weighted by Gasteiger charge is 2.16. The minimum atomic E-state index is 1.27. The maximum atomic E-state index is 4.18. The Morgan fingerprint density at radius 2 is 1.50 bits per heavy atom. The van der Waals surface area contributed by atoms with Crippen molar-refractivity contribution in [3.8, 4) is 0 Å². The molecule has 0 aliphatic carbocycles. The molecule has 0 aliphatic rings. The van der Waals surface area contributed by atoms with Gasteiger partial charge in [-0.25, -0.2) is 0 Å². The zero-order valence-corrected chi connectivity index (χ0v) is 8.95. The van der Waals surface area contributed by atoms with E-state index in [1.165, 1.54) is 18.8 Å². The summed E-state index contributed by atoms with van der Waals surface area (Å²) < 4.78 is 13.4. The van der Waals surface area contributed by atoms with Crippen molar-refractivity contribution in [2.24, 2.45) is 0 Å². The van der Waals surface area contributed by atoms with Gasteiger partial charge in [-0.3, -0.25) is 0 Å². The van der Waals surface area contributed by atoms with Crippen LogP contribution >= 0.6 is 46.1 Å². The highest BCUT2D eigenvalue weighted by molar-refractivity contribution is 7.32. The first-order valence-corrected chi connectivity index (χ1v) is 6.30.